The Morgan fingerprint density at radius 1 is 1.53 bits per heavy atom. The molecule has 1 saturated heterocycles. The van der Waals surface area contributed by atoms with Gasteiger partial charge < -0.3 is 15.7 Å². The third-order valence-electron chi connectivity index (χ3n) is 3.78. The first kappa shape index (κ1) is 14.0. The van der Waals surface area contributed by atoms with Crippen LogP contribution in [0.1, 0.15) is 33.1 Å². The maximum atomic E-state index is 12.3. The molecule has 1 heterocycles. The number of nitrogens with two attached hydrogens (primary N) is 1. The zero-order chi connectivity index (χ0) is 13.1. The summed E-state index contributed by atoms with van der Waals surface area (Å²) in [6.45, 7) is 5.38. The lowest BCUT2D eigenvalue weighted by Gasteiger charge is -2.30. The molecular formula is C12H22N2O3. The van der Waals surface area contributed by atoms with E-state index in [0.717, 1.165) is 6.42 Å². The lowest BCUT2D eigenvalue weighted by atomic mass is 9.86. The van der Waals surface area contributed by atoms with Crippen LogP contribution in [-0.4, -0.2) is 41.5 Å². The van der Waals surface area contributed by atoms with Crippen molar-refractivity contribution in [3.63, 3.8) is 0 Å². The topological polar surface area (TPSA) is 83.6 Å². The lowest BCUT2D eigenvalue weighted by Crippen LogP contribution is -2.45. The molecule has 17 heavy (non-hydrogen) atoms. The summed E-state index contributed by atoms with van der Waals surface area (Å²) in [6.07, 6.45) is 1.64. The van der Waals surface area contributed by atoms with E-state index >= 15 is 0 Å². The van der Waals surface area contributed by atoms with Crippen molar-refractivity contribution in [2.24, 2.45) is 17.1 Å². The first-order valence-corrected chi connectivity index (χ1v) is 6.14. The molecule has 2 atom stereocenters. The number of likely N-dealkylation sites (tertiary alicyclic amines) is 1. The molecule has 2 unspecified atom stereocenters. The van der Waals surface area contributed by atoms with Crippen LogP contribution in [-0.2, 0) is 9.59 Å². The zero-order valence-corrected chi connectivity index (χ0v) is 10.6. The quantitative estimate of drug-likeness (QED) is 0.742. The number of nitrogens with zero attached hydrogens (tertiary/aromatic N) is 1. The van der Waals surface area contributed by atoms with Crippen molar-refractivity contribution in [1.29, 1.82) is 0 Å². The molecule has 0 aromatic heterocycles. The second-order valence-corrected chi connectivity index (χ2v) is 5.12. The predicted molar refractivity (Wildman–Crippen MR) is 64.4 cm³/mol. The Bertz CT molecular complexity index is 300. The van der Waals surface area contributed by atoms with Crippen LogP contribution >= 0.6 is 0 Å². The highest BCUT2D eigenvalue weighted by atomic mass is 16.4. The summed E-state index contributed by atoms with van der Waals surface area (Å²) in [7, 11) is 0. The minimum Gasteiger partial charge on any atom is -0.481 e. The van der Waals surface area contributed by atoms with Crippen LogP contribution in [0.3, 0.4) is 0 Å². The van der Waals surface area contributed by atoms with E-state index in [1.54, 1.807) is 4.90 Å². The number of carboxylic acid groups (broad SMARTS) is 1. The number of rotatable bonds is 5. The summed E-state index contributed by atoms with van der Waals surface area (Å²) in [5.74, 6) is -0.632. The monoisotopic (exact) mass is 242 g/mol. The van der Waals surface area contributed by atoms with Gasteiger partial charge in [-0.15, -0.1) is 0 Å². The number of carbonyl (C=O) groups excluding carboxylic acids is 1. The smallest absolute Gasteiger partial charge is 0.303 e. The number of amides is 1. The van der Waals surface area contributed by atoms with Crippen LogP contribution in [0.2, 0.25) is 0 Å². The third-order valence-corrected chi connectivity index (χ3v) is 3.78. The molecule has 1 aliphatic rings. The number of carbonyl (C=O) groups is 2. The van der Waals surface area contributed by atoms with Gasteiger partial charge in [-0.2, -0.15) is 0 Å². The van der Waals surface area contributed by atoms with Crippen molar-refractivity contribution in [3.05, 3.63) is 0 Å². The minimum atomic E-state index is -0.790. The van der Waals surface area contributed by atoms with E-state index in [1.807, 2.05) is 13.8 Å². The van der Waals surface area contributed by atoms with Gasteiger partial charge in [0.05, 0.1) is 5.41 Å². The molecule has 1 aliphatic heterocycles. The molecule has 0 saturated carbocycles. The lowest BCUT2D eigenvalue weighted by molar-refractivity contribution is -0.141. The van der Waals surface area contributed by atoms with Crippen LogP contribution in [0.5, 0.6) is 0 Å². The Morgan fingerprint density at radius 2 is 2.18 bits per heavy atom. The van der Waals surface area contributed by atoms with Gasteiger partial charge in [0.1, 0.15) is 0 Å². The van der Waals surface area contributed by atoms with Crippen molar-refractivity contribution >= 4 is 11.9 Å². The predicted octanol–water partition coefficient (Wildman–Crippen LogP) is 0.685. The molecular weight excluding hydrogens is 220 g/mol. The molecule has 5 nitrogen and oxygen atoms in total. The first-order valence-electron chi connectivity index (χ1n) is 6.14. The van der Waals surface area contributed by atoms with E-state index in [0.29, 0.717) is 26.1 Å². The standard InChI is InChI=1S/C12H22N2O3/c1-3-12(2,8-13)11(17)14-5-4-9(7-14)6-10(15)16/h9H,3-8,13H2,1-2H3,(H,15,16). The van der Waals surface area contributed by atoms with Gasteiger partial charge in [0.15, 0.2) is 0 Å². The Kier molecular flexibility index (Phi) is 4.51. The Balaban J connectivity index is 2.59. The number of hydrogen-bond acceptors (Lipinski definition) is 3. The van der Waals surface area contributed by atoms with E-state index in [-0.39, 0.29) is 18.2 Å². The van der Waals surface area contributed by atoms with E-state index in [9.17, 15) is 9.59 Å². The first-order chi connectivity index (χ1) is 7.92. The van der Waals surface area contributed by atoms with Gasteiger partial charge >= 0.3 is 5.97 Å². The molecule has 0 bridgehead atoms. The second kappa shape index (κ2) is 5.49. The molecule has 0 aromatic carbocycles. The fraction of sp³-hybridized carbons (Fsp3) is 0.833. The van der Waals surface area contributed by atoms with Gasteiger partial charge in [-0.05, 0) is 25.7 Å². The zero-order valence-electron chi connectivity index (χ0n) is 10.6. The van der Waals surface area contributed by atoms with Gasteiger partial charge in [0, 0.05) is 26.1 Å². The van der Waals surface area contributed by atoms with Crippen LogP contribution < -0.4 is 5.73 Å². The molecule has 0 aliphatic carbocycles. The van der Waals surface area contributed by atoms with Gasteiger partial charge in [-0.3, -0.25) is 9.59 Å². The van der Waals surface area contributed by atoms with Gasteiger partial charge in [0.2, 0.25) is 5.91 Å². The van der Waals surface area contributed by atoms with Gasteiger partial charge in [-0.1, -0.05) is 6.92 Å². The Labute approximate surface area is 102 Å². The van der Waals surface area contributed by atoms with Crippen LogP contribution in [0, 0.1) is 11.3 Å². The third kappa shape index (κ3) is 3.19. The van der Waals surface area contributed by atoms with E-state index in [1.165, 1.54) is 0 Å². The SMILES string of the molecule is CCC(C)(CN)C(=O)N1CCC(CC(=O)O)C1. The minimum absolute atomic E-state index is 0.0652. The largest absolute Gasteiger partial charge is 0.481 e. The molecule has 1 rings (SSSR count). The molecule has 0 aromatic rings. The summed E-state index contributed by atoms with van der Waals surface area (Å²) in [4.78, 5) is 24.6. The fourth-order valence-electron chi connectivity index (χ4n) is 2.20. The second-order valence-electron chi connectivity index (χ2n) is 5.12. The molecule has 0 spiro atoms. The maximum absolute atomic E-state index is 12.3. The summed E-state index contributed by atoms with van der Waals surface area (Å²) in [5, 5.41) is 8.73. The molecule has 1 fully saturated rings. The molecule has 1 amide bonds. The molecule has 98 valence electrons. The summed E-state index contributed by atoms with van der Waals surface area (Å²) < 4.78 is 0. The van der Waals surface area contributed by atoms with E-state index in [4.69, 9.17) is 10.8 Å². The van der Waals surface area contributed by atoms with Crippen LogP contribution in [0.15, 0.2) is 0 Å². The van der Waals surface area contributed by atoms with Crippen molar-refractivity contribution < 1.29 is 14.7 Å². The van der Waals surface area contributed by atoms with Crippen molar-refractivity contribution in [2.75, 3.05) is 19.6 Å². The van der Waals surface area contributed by atoms with Gasteiger partial charge in [-0.25, -0.2) is 0 Å². The molecule has 5 heteroatoms. The Morgan fingerprint density at radius 3 is 2.65 bits per heavy atom. The average molecular weight is 242 g/mol. The van der Waals surface area contributed by atoms with Crippen molar-refractivity contribution in [1.82, 2.24) is 4.90 Å². The van der Waals surface area contributed by atoms with E-state index in [2.05, 4.69) is 0 Å². The van der Waals surface area contributed by atoms with E-state index < -0.39 is 11.4 Å². The number of carboxylic acids is 1. The van der Waals surface area contributed by atoms with Crippen molar-refractivity contribution in [2.45, 2.75) is 33.1 Å². The highest BCUT2D eigenvalue weighted by molar-refractivity contribution is 5.83. The summed E-state index contributed by atoms with van der Waals surface area (Å²) in [6, 6.07) is 0. The average Bonchev–Trinajstić information content (AvgIpc) is 2.74. The number of aliphatic carboxylic acids is 1. The van der Waals surface area contributed by atoms with Crippen LogP contribution in [0.25, 0.3) is 0 Å². The van der Waals surface area contributed by atoms with Crippen LogP contribution in [0.4, 0.5) is 0 Å². The molecule has 3 N–H and O–H groups in total. The normalized spacial score (nSPS) is 23.5. The maximum Gasteiger partial charge on any atom is 0.303 e. The summed E-state index contributed by atoms with van der Waals surface area (Å²) >= 11 is 0. The number of hydrogen-bond donors (Lipinski definition) is 2. The highest BCUT2D eigenvalue weighted by Gasteiger charge is 2.37. The fourth-order valence-corrected chi connectivity index (χ4v) is 2.20. The Hall–Kier alpha value is -1.10. The van der Waals surface area contributed by atoms with Crippen molar-refractivity contribution in [3.8, 4) is 0 Å². The highest BCUT2D eigenvalue weighted by Crippen LogP contribution is 2.27. The summed E-state index contributed by atoms with van der Waals surface area (Å²) in [5.41, 5.74) is 5.16. The van der Waals surface area contributed by atoms with Gasteiger partial charge in [0.25, 0.3) is 0 Å². The molecule has 0 radical (unpaired) electrons.